The van der Waals surface area contributed by atoms with Gasteiger partial charge in [0.25, 0.3) is 5.91 Å². The van der Waals surface area contributed by atoms with E-state index >= 15 is 0 Å². The molecule has 0 aromatic heterocycles. The second-order valence-corrected chi connectivity index (χ2v) is 6.64. The van der Waals surface area contributed by atoms with Crippen molar-refractivity contribution in [3.8, 4) is 0 Å². The molecule has 0 unspecified atom stereocenters. The average molecular weight is 348 g/mol. The van der Waals surface area contributed by atoms with Gasteiger partial charge in [-0.05, 0) is 44.9 Å². The molecule has 8 heteroatoms. The number of anilines is 1. The van der Waals surface area contributed by atoms with Crippen molar-refractivity contribution in [2.75, 3.05) is 11.4 Å². The van der Waals surface area contributed by atoms with E-state index in [2.05, 4.69) is 10.6 Å². The molecule has 2 heterocycles. The summed E-state index contributed by atoms with van der Waals surface area (Å²) < 4.78 is 13.4. The van der Waals surface area contributed by atoms with Crippen LogP contribution in [0.3, 0.4) is 0 Å². The van der Waals surface area contributed by atoms with Gasteiger partial charge in [-0.1, -0.05) is 6.07 Å². The Morgan fingerprint density at radius 3 is 2.76 bits per heavy atom. The summed E-state index contributed by atoms with van der Waals surface area (Å²) in [5, 5.41) is 5.59. The number of benzene rings is 1. The molecule has 2 aliphatic heterocycles. The Bertz CT molecular complexity index is 709. The van der Waals surface area contributed by atoms with E-state index in [1.165, 1.54) is 29.2 Å². The third-order valence-electron chi connectivity index (χ3n) is 4.37. The van der Waals surface area contributed by atoms with E-state index in [9.17, 15) is 18.8 Å². The number of nitrogens with zero attached hydrogens (tertiary/aromatic N) is 2. The van der Waals surface area contributed by atoms with Gasteiger partial charge in [0.1, 0.15) is 11.9 Å². The first-order valence-electron chi connectivity index (χ1n) is 8.34. The van der Waals surface area contributed by atoms with Gasteiger partial charge in [-0.2, -0.15) is 0 Å². The third kappa shape index (κ3) is 3.42. The minimum Gasteiger partial charge on any atom is -0.336 e. The number of halogens is 1. The molecule has 134 valence electrons. The highest BCUT2D eigenvalue weighted by Crippen LogP contribution is 2.31. The molecule has 1 aromatic rings. The highest BCUT2D eigenvalue weighted by atomic mass is 19.1. The maximum Gasteiger partial charge on any atom is 0.332 e. The largest absolute Gasteiger partial charge is 0.336 e. The molecular weight excluding hydrogens is 327 g/mol. The number of urea groups is 2. The van der Waals surface area contributed by atoms with Crippen LogP contribution < -0.4 is 15.5 Å². The maximum atomic E-state index is 13.4. The molecule has 0 aliphatic carbocycles. The third-order valence-corrected chi connectivity index (χ3v) is 4.37. The lowest BCUT2D eigenvalue weighted by molar-refractivity contribution is -0.120. The predicted octanol–water partition coefficient (Wildman–Crippen LogP) is 1.83. The summed E-state index contributed by atoms with van der Waals surface area (Å²) >= 11 is 0. The van der Waals surface area contributed by atoms with Crippen LogP contribution in [0.15, 0.2) is 24.3 Å². The number of fused-ring (bicyclic) bond motifs is 1. The van der Waals surface area contributed by atoms with Crippen molar-refractivity contribution in [3.63, 3.8) is 0 Å². The summed E-state index contributed by atoms with van der Waals surface area (Å²) in [5.41, 5.74) is 0.228. The van der Waals surface area contributed by atoms with Crippen molar-refractivity contribution in [1.29, 1.82) is 0 Å². The van der Waals surface area contributed by atoms with E-state index < -0.39 is 17.9 Å². The van der Waals surface area contributed by atoms with Crippen molar-refractivity contribution >= 4 is 23.7 Å². The molecule has 0 spiro atoms. The number of rotatable bonds is 3. The van der Waals surface area contributed by atoms with Gasteiger partial charge in [0.2, 0.25) is 0 Å². The van der Waals surface area contributed by atoms with E-state index in [-0.39, 0.29) is 29.7 Å². The minimum absolute atomic E-state index is 0.0123. The van der Waals surface area contributed by atoms with E-state index in [4.69, 9.17) is 0 Å². The van der Waals surface area contributed by atoms with Crippen molar-refractivity contribution in [3.05, 3.63) is 30.1 Å². The zero-order valence-electron chi connectivity index (χ0n) is 14.2. The normalized spacial score (nSPS) is 23.0. The molecular formula is C17H21FN4O3. The molecule has 1 aromatic carbocycles. The highest BCUT2D eigenvalue weighted by molar-refractivity contribution is 6.21. The second kappa shape index (κ2) is 6.70. The van der Waals surface area contributed by atoms with Gasteiger partial charge in [-0.15, -0.1) is 0 Å². The lowest BCUT2D eigenvalue weighted by atomic mass is 9.98. The molecule has 0 radical (unpaired) electrons. The zero-order chi connectivity index (χ0) is 18.1. The van der Waals surface area contributed by atoms with Crippen LogP contribution in [0.2, 0.25) is 0 Å². The second-order valence-electron chi connectivity index (χ2n) is 6.64. The number of imide groups is 1. The Balaban J connectivity index is 1.72. The molecule has 2 aliphatic rings. The molecule has 0 saturated carbocycles. The molecule has 2 N–H and O–H groups in total. The molecule has 2 atom stereocenters. The predicted molar refractivity (Wildman–Crippen MR) is 89.6 cm³/mol. The standard InChI is InChI=1S/C17H21FN4O3/c1-10(2)19-16(24)20-12-6-7-21-14(9-12)15(23)22(17(21)25)13-5-3-4-11(18)8-13/h3-5,8,10,12,14H,6-7,9H2,1-2H3,(H2,19,20,24)/t12-,14-/m0/s1. The first kappa shape index (κ1) is 17.2. The van der Waals surface area contributed by atoms with Crippen molar-refractivity contribution < 1.29 is 18.8 Å². The summed E-state index contributed by atoms with van der Waals surface area (Å²) in [7, 11) is 0. The first-order chi connectivity index (χ1) is 11.9. The van der Waals surface area contributed by atoms with Crippen LogP contribution in [0, 0.1) is 5.82 Å². The molecule has 2 fully saturated rings. The molecule has 2 saturated heterocycles. The molecule has 5 amide bonds. The Kier molecular flexibility index (Phi) is 4.61. The fourth-order valence-electron chi connectivity index (χ4n) is 3.27. The molecule has 0 bridgehead atoms. The van der Waals surface area contributed by atoms with Crippen molar-refractivity contribution in [1.82, 2.24) is 15.5 Å². The SMILES string of the molecule is CC(C)NC(=O)N[C@H]1CCN2C(=O)N(c3cccc(F)c3)C(=O)[C@@H]2C1. The summed E-state index contributed by atoms with van der Waals surface area (Å²) in [5.74, 6) is -0.890. The summed E-state index contributed by atoms with van der Waals surface area (Å²) in [6.45, 7) is 4.09. The van der Waals surface area contributed by atoms with Crippen LogP contribution in [0.1, 0.15) is 26.7 Å². The fourth-order valence-corrected chi connectivity index (χ4v) is 3.27. The van der Waals surface area contributed by atoms with Gasteiger partial charge in [-0.3, -0.25) is 4.79 Å². The summed E-state index contributed by atoms with van der Waals surface area (Å²) in [4.78, 5) is 39.6. The maximum absolute atomic E-state index is 13.4. The molecule has 25 heavy (non-hydrogen) atoms. The zero-order valence-corrected chi connectivity index (χ0v) is 14.2. The van der Waals surface area contributed by atoms with Crippen molar-refractivity contribution in [2.24, 2.45) is 0 Å². The van der Waals surface area contributed by atoms with E-state index in [1.54, 1.807) is 0 Å². The number of nitrogens with one attached hydrogen (secondary N) is 2. The Labute approximate surface area is 145 Å². The molecule has 3 rings (SSSR count). The van der Waals surface area contributed by atoms with Gasteiger partial charge in [0.05, 0.1) is 5.69 Å². The number of hydrogen-bond donors (Lipinski definition) is 2. The van der Waals surface area contributed by atoms with Crippen LogP contribution in [-0.2, 0) is 4.79 Å². The Morgan fingerprint density at radius 1 is 1.32 bits per heavy atom. The molecule has 7 nitrogen and oxygen atoms in total. The van der Waals surface area contributed by atoms with Gasteiger partial charge >= 0.3 is 12.1 Å². The van der Waals surface area contributed by atoms with Crippen LogP contribution in [-0.4, -0.2) is 47.5 Å². The topological polar surface area (TPSA) is 81.8 Å². The van der Waals surface area contributed by atoms with E-state index in [0.717, 1.165) is 4.90 Å². The fraction of sp³-hybridized carbons (Fsp3) is 0.471. The summed E-state index contributed by atoms with van der Waals surface area (Å²) in [6, 6.07) is 3.89. The smallest absolute Gasteiger partial charge is 0.332 e. The first-order valence-corrected chi connectivity index (χ1v) is 8.34. The average Bonchev–Trinajstić information content (AvgIpc) is 2.77. The van der Waals surface area contributed by atoms with E-state index in [1.807, 2.05) is 13.8 Å². The lowest BCUT2D eigenvalue weighted by Gasteiger charge is -2.32. The lowest BCUT2D eigenvalue weighted by Crippen LogP contribution is -2.52. The quantitative estimate of drug-likeness (QED) is 0.818. The number of hydrogen-bond acceptors (Lipinski definition) is 3. The van der Waals surface area contributed by atoms with Gasteiger partial charge in [0.15, 0.2) is 0 Å². The monoisotopic (exact) mass is 348 g/mol. The number of amides is 5. The van der Waals surface area contributed by atoms with Gasteiger partial charge in [0, 0.05) is 18.6 Å². The van der Waals surface area contributed by atoms with Crippen LogP contribution in [0.4, 0.5) is 19.7 Å². The van der Waals surface area contributed by atoms with Crippen LogP contribution in [0.5, 0.6) is 0 Å². The number of piperidine rings is 1. The van der Waals surface area contributed by atoms with Gasteiger partial charge in [-0.25, -0.2) is 18.9 Å². The number of carbonyl (C=O) groups excluding carboxylic acids is 3. The Morgan fingerprint density at radius 2 is 2.08 bits per heavy atom. The minimum atomic E-state index is -0.631. The Hall–Kier alpha value is -2.64. The summed E-state index contributed by atoms with van der Waals surface area (Å²) in [6.07, 6.45) is 0.917. The van der Waals surface area contributed by atoms with Crippen LogP contribution >= 0.6 is 0 Å². The number of carbonyl (C=O) groups is 3. The van der Waals surface area contributed by atoms with Gasteiger partial charge < -0.3 is 15.5 Å². The van der Waals surface area contributed by atoms with Crippen LogP contribution in [0.25, 0.3) is 0 Å². The highest BCUT2D eigenvalue weighted by Gasteiger charge is 2.48. The van der Waals surface area contributed by atoms with E-state index in [0.29, 0.717) is 19.4 Å². The van der Waals surface area contributed by atoms with Crippen molar-refractivity contribution in [2.45, 2.75) is 44.8 Å².